The van der Waals surface area contributed by atoms with E-state index in [0.717, 1.165) is 67.9 Å². The number of nitrogens with zero attached hydrogens (tertiary/aromatic N) is 4. The van der Waals surface area contributed by atoms with Crippen molar-refractivity contribution in [2.45, 2.75) is 16.6 Å². The Hall–Kier alpha value is -2.66. The van der Waals surface area contributed by atoms with Gasteiger partial charge in [0, 0.05) is 37.8 Å². The van der Waals surface area contributed by atoms with Crippen molar-refractivity contribution >= 4 is 17.5 Å². The number of aliphatic hydroxyl groups is 1. The lowest BCUT2D eigenvalue weighted by molar-refractivity contribution is 0.0342. The normalized spacial score (nSPS) is 14.6. The average Bonchev–Trinajstić information content (AvgIpc) is 3.16. The Morgan fingerprint density at radius 1 is 1.16 bits per heavy atom. The fourth-order valence-corrected chi connectivity index (χ4v) is 4.28. The number of carbonyl (C=O) groups is 1. The van der Waals surface area contributed by atoms with E-state index in [2.05, 4.69) is 15.1 Å². The van der Waals surface area contributed by atoms with Crippen LogP contribution in [0.3, 0.4) is 0 Å². The number of aliphatic hydroxyl groups excluding tert-OH is 1. The van der Waals surface area contributed by atoms with Gasteiger partial charge in [-0.1, -0.05) is 18.2 Å². The van der Waals surface area contributed by atoms with Gasteiger partial charge in [-0.25, -0.2) is 8.78 Å². The molecule has 1 fully saturated rings. The van der Waals surface area contributed by atoms with Crippen LogP contribution in [0, 0.1) is 11.6 Å². The number of ketones is 1. The molecule has 0 radical (unpaired) electrons. The van der Waals surface area contributed by atoms with Gasteiger partial charge in [0.2, 0.25) is 0 Å². The summed E-state index contributed by atoms with van der Waals surface area (Å²) in [6.07, 6.45) is 0. The Labute approximate surface area is 188 Å². The Kier molecular flexibility index (Phi) is 6.95. The summed E-state index contributed by atoms with van der Waals surface area (Å²) in [6, 6.07) is 9.77. The molecule has 32 heavy (non-hydrogen) atoms. The maximum Gasteiger partial charge on any atom is 0.196 e. The van der Waals surface area contributed by atoms with Gasteiger partial charge in [-0.05, 0) is 35.5 Å². The first-order valence-electron chi connectivity index (χ1n) is 10.1. The zero-order valence-corrected chi connectivity index (χ0v) is 18.2. The number of ether oxygens (including phenoxy) is 1. The lowest BCUT2D eigenvalue weighted by Gasteiger charge is -2.26. The maximum absolute atomic E-state index is 14.5. The first-order chi connectivity index (χ1) is 15.5. The summed E-state index contributed by atoms with van der Waals surface area (Å²) >= 11 is 0.787. The van der Waals surface area contributed by atoms with Gasteiger partial charge in [0.1, 0.15) is 18.2 Å². The number of hydrogen-bond acceptors (Lipinski definition) is 7. The summed E-state index contributed by atoms with van der Waals surface area (Å²) in [5, 5.41) is 17.5. The largest absolute Gasteiger partial charge is 0.388 e. The second kappa shape index (κ2) is 9.86. The van der Waals surface area contributed by atoms with Gasteiger partial charge in [0.15, 0.2) is 16.8 Å². The summed E-state index contributed by atoms with van der Waals surface area (Å²) in [6.45, 7) is 3.20. The van der Waals surface area contributed by atoms with Crippen molar-refractivity contribution in [2.75, 3.05) is 32.9 Å². The molecule has 1 saturated heterocycles. The molecule has 0 unspecified atom stereocenters. The van der Waals surface area contributed by atoms with Crippen LogP contribution in [-0.2, 0) is 18.3 Å². The minimum atomic E-state index is -0.899. The van der Waals surface area contributed by atoms with E-state index in [1.165, 1.54) is 0 Å². The average molecular weight is 461 g/mol. The van der Waals surface area contributed by atoms with Crippen LogP contribution in [0.2, 0.25) is 0 Å². The lowest BCUT2D eigenvalue weighted by Crippen LogP contribution is -2.35. The van der Waals surface area contributed by atoms with Crippen molar-refractivity contribution in [1.29, 1.82) is 0 Å². The number of morpholine rings is 1. The van der Waals surface area contributed by atoms with Crippen molar-refractivity contribution in [3.63, 3.8) is 0 Å². The molecule has 10 heteroatoms. The summed E-state index contributed by atoms with van der Waals surface area (Å²) < 4.78 is 36.0. The third-order valence-electron chi connectivity index (χ3n) is 5.19. The molecule has 1 aromatic heterocycles. The highest BCUT2D eigenvalue weighted by atomic mass is 32.2. The number of hydrogen-bond donors (Lipinski definition) is 1. The van der Waals surface area contributed by atoms with Crippen molar-refractivity contribution < 1.29 is 23.4 Å². The Bertz CT molecular complexity index is 1110. The third kappa shape index (κ3) is 4.88. The summed E-state index contributed by atoms with van der Waals surface area (Å²) in [7, 11) is 1.73. The Morgan fingerprint density at radius 3 is 2.56 bits per heavy atom. The predicted octanol–water partition coefficient (Wildman–Crippen LogP) is 2.92. The maximum atomic E-state index is 14.5. The first-order valence-corrected chi connectivity index (χ1v) is 10.9. The quantitative estimate of drug-likeness (QED) is 0.543. The minimum Gasteiger partial charge on any atom is -0.388 e. The molecule has 4 rings (SSSR count). The van der Waals surface area contributed by atoms with Crippen LogP contribution in [0.25, 0.3) is 11.4 Å². The second-order valence-electron chi connectivity index (χ2n) is 7.41. The number of aromatic nitrogens is 3. The van der Waals surface area contributed by atoms with Crippen LogP contribution >= 0.6 is 11.8 Å². The van der Waals surface area contributed by atoms with Gasteiger partial charge in [-0.3, -0.25) is 9.69 Å². The molecule has 0 saturated carbocycles. The molecule has 0 spiro atoms. The topological polar surface area (TPSA) is 80.5 Å². The first kappa shape index (κ1) is 22.5. The second-order valence-corrected chi connectivity index (χ2v) is 8.38. The molecule has 168 valence electrons. The highest BCUT2D eigenvalue weighted by Crippen LogP contribution is 2.33. The molecule has 0 atom stereocenters. The SMILES string of the molecule is Cn1c(Sc2c(F)cc(C(=O)CO)cc2F)nnc1-c1cccc(CN2CCOCC2)c1. The number of Topliss-reactive ketones (excluding diaryl/α,β-unsaturated/α-hetero) is 1. The van der Waals surface area contributed by atoms with E-state index in [0.29, 0.717) is 11.0 Å². The van der Waals surface area contributed by atoms with Crippen LogP contribution < -0.4 is 0 Å². The molecule has 1 N–H and O–H groups in total. The van der Waals surface area contributed by atoms with Crippen molar-refractivity contribution in [3.05, 3.63) is 59.2 Å². The van der Waals surface area contributed by atoms with Crippen LogP contribution in [0.15, 0.2) is 46.5 Å². The zero-order chi connectivity index (χ0) is 22.7. The molecule has 2 aromatic carbocycles. The molecular formula is C22H22F2N4O3S. The minimum absolute atomic E-state index is 0.220. The number of benzene rings is 2. The number of carbonyl (C=O) groups excluding carboxylic acids is 1. The molecule has 7 nitrogen and oxygen atoms in total. The van der Waals surface area contributed by atoms with E-state index in [1.54, 1.807) is 11.6 Å². The van der Waals surface area contributed by atoms with Crippen LogP contribution in [0.4, 0.5) is 8.78 Å². The predicted molar refractivity (Wildman–Crippen MR) is 114 cm³/mol. The summed E-state index contributed by atoms with van der Waals surface area (Å²) in [5.41, 5.74) is 1.76. The molecule has 1 aliphatic heterocycles. The zero-order valence-electron chi connectivity index (χ0n) is 17.4. The van der Waals surface area contributed by atoms with Gasteiger partial charge in [0.25, 0.3) is 0 Å². The monoisotopic (exact) mass is 460 g/mol. The van der Waals surface area contributed by atoms with Crippen LogP contribution in [0.5, 0.6) is 0 Å². The smallest absolute Gasteiger partial charge is 0.196 e. The molecule has 0 aliphatic carbocycles. The van der Waals surface area contributed by atoms with Gasteiger partial charge in [-0.2, -0.15) is 0 Å². The van der Waals surface area contributed by atoms with E-state index >= 15 is 0 Å². The van der Waals surface area contributed by atoms with Crippen molar-refractivity contribution in [2.24, 2.45) is 7.05 Å². The Balaban J connectivity index is 1.55. The third-order valence-corrected chi connectivity index (χ3v) is 6.32. The molecule has 1 aliphatic rings. The van der Waals surface area contributed by atoms with Gasteiger partial charge in [0.05, 0.1) is 18.1 Å². The molecule has 2 heterocycles. The molecule has 0 bridgehead atoms. The van der Waals surface area contributed by atoms with Crippen LogP contribution in [-0.4, -0.2) is 63.5 Å². The molecule has 3 aromatic rings. The Morgan fingerprint density at radius 2 is 1.88 bits per heavy atom. The van der Waals surface area contributed by atoms with Crippen molar-refractivity contribution in [1.82, 2.24) is 19.7 Å². The lowest BCUT2D eigenvalue weighted by atomic mass is 10.1. The van der Waals surface area contributed by atoms with E-state index in [-0.39, 0.29) is 10.5 Å². The van der Waals surface area contributed by atoms with Gasteiger partial charge < -0.3 is 14.4 Å². The standard InChI is InChI=1S/C22H22F2N4O3S/c1-27-21(15-4-2-3-14(9-15)12-28-5-7-31-8-6-28)25-26-22(27)32-20-17(23)10-16(11-18(20)24)19(30)13-29/h2-4,9-11,29H,5-8,12-13H2,1H3. The highest BCUT2D eigenvalue weighted by molar-refractivity contribution is 7.99. The van der Waals surface area contributed by atoms with Crippen molar-refractivity contribution in [3.8, 4) is 11.4 Å². The summed E-state index contributed by atoms with van der Waals surface area (Å²) in [4.78, 5) is 13.6. The van der Waals surface area contributed by atoms with E-state index in [1.807, 2.05) is 24.3 Å². The fourth-order valence-electron chi connectivity index (χ4n) is 3.48. The molecule has 0 amide bonds. The van der Waals surface area contributed by atoms with E-state index in [9.17, 15) is 13.6 Å². The molecular weight excluding hydrogens is 438 g/mol. The van der Waals surface area contributed by atoms with Gasteiger partial charge >= 0.3 is 0 Å². The fraction of sp³-hybridized carbons (Fsp3) is 0.318. The van der Waals surface area contributed by atoms with E-state index in [4.69, 9.17) is 9.84 Å². The summed E-state index contributed by atoms with van der Waals surface area (Å²) in [5.74, 6) is -1.98. The number of rotatable bonds is 7. The van der Waals surface area contributed by atoms with E-state index < -0.39 is 24.0 Å². The highest BCUT2D eigenvalue weighted by Gasteiger charge is 2.20. The van der Waals surface area contributed by atoms with Gasteiger partial charge in [-0.15, -0.1) is 10.2 Å². The van der Waals surface area contributed by atoms with Crippen LogP contribution in [0.1, 0.15) is 15.9 Å². The number of halogens is 2.